The van der Waals surface area contributed by atoms with E-state index in [1.165, 1.54) is 0 Å². The van der Waals surface area contributed by atoms with Crippen molar-refractivity contribution in [1.29, 1.82) is 10.8 Å². The molecule has 2 heterocycles. The summed E-state index contributed by atoms with van der Waals surface area (Å²) >= 11 is 0. The van der Waals surface area contributed by atoms with E-state index in [-0.39, 0.29) is 0 Å². The van der Waals surface area contributed by atoms with Crippen LogP contribution >= 0.6 is 0 Å². The van der Waals surface area contributed by atoms with Crippen LogP contribution in [0, 0.1) is 10.8 Å². The quantitative estimate of drug-likeness (QED) is 0.211. The molecule has 2 fully saturated rings. The summed E-state index contributed by atoms with van der Waals surface area (Å²) in [6.45, 7) is -2.32. The van der Waals surface area contributed by atoms with Gasteiger partial charge in [0, 0.05) is 10.8 Å². The van der Waals surface area contributed by atoms with E-state index < -0.39 is 74.6 Å². The highest BCUT2D eigenvalue weighted by atomic mass is 16.8. The summed E-state index contributed by atoms with van der Waals surface area (Å²) in [7, 11) is 0. The number of nitrogens with zero attached hydrogens (tertiary/aromatic N) is 2. The number of hydrogen-bond donors (Lipinski definition) is 8. The zero-order chi connectivity index (χ0) is 19.4. The minimum Gasteiger partial charge on any atom is -0.394 e. The molecule has 0 aromatic heterocycles. The van der Waals surface area contributed by atoms with Crippen molar-refractivity contribution in [2.45, 2.75) is 54.8 Å². The summed E-state index contributed by atoms with van der Waals surface area (Å²) < 4.78 is 15.4. The Kier molecular flexibility index (Phi) is 7.99. The maximum absolute atomic E-state index is 10.00. The SMILES string of the molecule is N#N.OC[C@H]1OC(CO)(O[C@H]2O[C@H](CO)[C@@H](O)[C@H](O)[C@H]2O)[C@@H](O)[C@@H]1O. The van der Waals surface area contributed by atoms with Gasteiger partial charge in [-0.2, -0.15) is 0 Å². The van der Waals surface area contributed by atoms with Gasteiger partial charge >= 0.3 is 0 Å². The van der Waals surface area contributed by atoms with E-state index >= 15 is 0 Å². The molecule has 0 aromatic rings. The van der Waals surface area contributed by atoms with Crippen LogP contribution in [-0.2, 0) is 14.2 Å². The van der Waals surface area contributed by atoms with E-state index in [2.05, 4.69) is 0 Å². The summed E-state index contributed by atoms with van der Waals surface area (Å²) in [6.07, 6.45) is -12.7. The van der Waals surface area contributed by atoms with Gasteiger partial charge in [0.1, 0.15) is 49.3 Å². The Morgan fingerprint density at radius 1 is 0.800 bits per heavy atom. The maximum Gasteiger partial charge on any atom is 0.224 e. The predicted octanol–water partition coefficient (Wildman–Crippen LogP) is -5.37. The molecule has 2 rings (SSSR count). The molecule has 8 N–H and O–H groups in total. The molecule has 9 atom stereocenters. The Labute approximate surface area is 141 Å². The lowest BCUT2D eigenvalue weighted by Gasteiger charge is -2.43. The van der Waals surface area contributed by atoms with Crippen molar-refractivity contribution in [2.24, 2.45) is 0 Å². The second-order valence-corrected chi connectivity index (χ2v) is 5.56. The predicted molar refractivity (Wildman–Crippen MR) is 72.1 cm³/mol. The van der Waals surface area contributed by atoms with Crippen LogP contribution < -0.4 is 0 Å². The highest BCUT2D eigenvalue weighted by Gasteiger charge is 2.58. The molecule has 0 amide bonds. The van der Waals surface area contributed by atoms with Crippen molar-refractivity contribution in [3.63, 3.8) is 0 Å². The summed E-state index contributed by atoms with van der Waals surface area (Å²) in [6, 6.07) is 0. The van der Waals surface area contributed by atoms with Gasteiger partial charge in [0.2, 0.25) is 5.79 Å². The molecule has 0 aliphatic carbocycles. The van der Waals surface area contributed by atoms with Gasteiger partial charge in [0.05, 0.1) is 13.2 Å². The van der Waals surface area contributed by atoms with Crippen molar-refractivity contribution in [2.75, 3.05) is 19.8 Å². The van der Waals surface area contributed by atoms with E-state index in [1.54, 1.807) is 0 Å². The molecule has 1 unspecified atom stereocenters. The second kappa shape index (κ2) is 9.07. The van der Waals surface area contributed by atoms with Crippen LogP contribution in [0.1, 0.15) is 0 Å². The lowest BCUT2D eigenvalue weighted by molar-refractivity contribution is -0.383. The number of ether oxygens (including phenoxy) is 3. The highest BCUT2D eigenvalue weighted by molar-refractivity contribution is 4.98. The normalized spacial score (nSPS) is 47.1. The first-order chi connectivity index (χ1) is 11.8. The fraction of sp³-hybridized carbons (Fsp3) is 1.00. The summed E-state index contributed by atoms with van der Waals surface area (Å²) in [5.41, 5.74) is 0. The van der Waals surface area contributed by atoms with Crippen LogP contribution in [0.5, 0.6) is 0 Å². The van der Waals surface area contributed by atoms with Gasteiger partial charge in [-0.3, -0.25) is 0 Å². The van der Waals surface area contributed by atoms with Crippen LogP contribution in [0.25, 0.3) is 0 Å². The zero-order valence-corrected chi connectivity index (χ0v) is 12.9. The van der Waals surface area contributed by atoms with Crippen LogP contribution in [0.15, 0.2) is 0 Å². The molecule has 2 saturated heterocycles. The van der Waals surface area contributed by atoms with E-state index in [1.807, 2.05) is 0 Å². The van der Waals surface area contributed by atoms with Gasteiger partial charge in [0.15, 0.2) is 6.29 Å². The molecule has 0 saturated carbocycles. The largest absolute Gasteiger partial charge is 0.394 e. The average molecular weight is 370 g/mol. The minimum absolute atomic E-state index is 0.669. The Bertz CT molecular complexity index is 439. The molecule has 13 nitrogen and oxygen atoms in total. The number of aliphatic hydroxyl groups excluding tert-OH is 8. The fourth-order valence-electron chi connectivity index (χ4n) is 2.63. The molecule has 2 aliphatic rings. The van der Waals surface area contributed by atoms with E-state index in [9.17, 15) is 30.6 Å². The molecule has 2 aliphatic heterocycles. The molecular weight excluding hydrogens is 348 g/mol. The van der Waals surface area contributed by atoms with Gasteiger partial charge < -0.3 is 55.1 Å². The summed E-state index contributed by atoms with van der Waals surface area (Å²) in [4.78, 5) is 0. The molecular formula is C12H22N2O11. The molecule has 0 spiro atoms. The van der Waals surface area contributed by atoms with Crippen LogP contribution in [0.2, 0.25) is 0 Å². The standard InChI is InChI=1S/C12H22O11.N2/c13-1-4-6(16)8(18)9(19)11(21-4)23-12(3-15)10(20)7(17)5(2-14)22-12;1-2/h4-11,13-20H,1-3H2;/t4-,5-,6-,7-,8+,9-,10+,11-,12?;/m1./s1. The monoisotopic (exact) mass is 370 g/mol. The lowest BCUT2D eigenvalue weighted by Crippen LogP contribution is -2.62. The summed E-state index contributed by atoms with van der Waals surface area (Å²) in [5.74, 6) is -2.22. The van der Waals surface area contributed by atoms with Crippen molar-refractivity contribution in [1.82, 2.24) is 0 Å². The molecule has 146 valence electrons. The third-order valence-electron chi connectivity index (χ3n) is 4.07. The van der Waals surface area contributed by atoms with Crippen molar-refractivity contribution >= 4 is 0 Å². The Morgan fingerprint density at radius 2 is 1.36 bits per heavy atom. The third-order valence-corrected chi connectivity index (χ3v) is 4.07. The number of hydrogen-bond acceptors (Lipinski definition) is 13. The van der Waals surface area contributed by atoms with E-state index in [4.69, 9.17) is 35.2 Å². The third kappa shape index (κ3) is 4.05. The van der Waals surface area contributed by atoms with E-state index in [0.29, 0.717) is 0 Å². The average Bonchev–Trinajstić information content (AvgIpc) is 2.88. The molecule has 0 aromatic carbocycles. The highest BCUT2D eigenvalue weighted by Crippen LogP contribution is 2.35. The Morgan fingerprint density at radius 3 is 1.80 bits per heavy atom. The van der Waals surface area contributed by atoms with Gasteiger partial charge in [-0.05, 0) is 0 Å². The Balaban J connectivity index is 0.00000151. The second-order valence-electron chi connectivity index (χ2n) is 5.56. The molecule has 25 heavy (non-hydrogen) atoms. The Hall–Kier alpha value is -1.02. The van der Waals surface area contributed by atoms with Crippen molar-refractivity contribution < 1.29 is 55.1 Å². The minimum atomic E-state index is -2.22. The van der Waals surface area contributed by atoms with Gasteiger partial charge in [-0.1, -0.05) is 0 Å². The zero-order valence-electron chi connectivity index (χ0n) is 12.9. The molecule has 13 heteroatoms. The van der Waals surface area contributed by atoms with Crippen molar-refractivity contribution in [3.8, 4) is 0 Å². The van der Waals surface area contributed by atoms with Crippen LogP contribution in [-0.4, -0.2) is 115 Å². The smallest absolute Gasteiger partial charge is 0.224 e. The first-order valence-corrected chi connectivity index (χ1v) is 7.25. The number of aliphatic hydroxyl groups is 8. The molecule has 0 radical (unpaired) electrons. The van der Waals surface area contributed by atoms with Gasteiger partial charge in [0.25, 0.3) is 0 Å². The first kappa shape index (κ1) is 22.0. The summed E-state index contributed by atoms with van der Waals surface area (Å²) in [5, 5.41) is 88.7. The van der Waals surface area contributed by atoms with Crippen molar-refractivity contribution in [3.05, 3.63) is 0 Å². The van der Waals surface area contributed by atoms with Crippen LogP contribution in [0.3, 0.4) is 0 Å². The fourth-order valence-corrected chi connectivity index (χ4v) is 2.63. The lowest BCUT2D eigenvalue weighted by atomic mass is 9.99. The first-order valence-electron chi connectivity index (χ1n) is 7.25. The van der Waals surface area contributed by atoms with Gasteiger partial charge in [-0.25, -0.2) is 0 Å². The van der Waals surface area contributed by atoms with E-state index in [0.717, 1.165) is 0 Å². The van der Waals surface area contributed by atoms with Crippen LogP contribution in [0.4, 0.5) is 0 Å². The molecule has 0 bridgehead atoms. The maximum atomic E-state index is 10.00. The topological polar surface area (TPSA) is 237 Å². The van der Waals surface area contributed by atoms with Gasteiger partial charge in [-0.15, -0.1) is 0 Å². The number of rotatable bonds is 5.